The minimum atomic E-state index is -1.30. The number of carbonyl (C=O) groups is 4. The van der Waals surface area contributed by atoms with Crippen molar-refractivity contribution in [1.29, 1.82) is 0 Å². The van der Waals surface area contributed by atoms with Crippen molar-refractivity contribution in [2.24, 2.45) is 10.9 Å². The maximum atomic E-state index is 13.0. The molecule has 11 nitrogen and oxygen atoms in total. The molecule has 2 atom stereocenters. The third-order valence-corrected chi connectivity index (χ3v) is 4.44. The van der Waals surface area contributed by atoms with Gasteiger partial charge in [-0.3, -0.25) is 24.2 Å². The lowest BCUT2D eigenvalue weighted by Crippen LogP contribution is -2.61. The fourth-order valence-corrected chi connectivity index (χ4v) is 2.57. The van der Waals surface area contributed by atoms with E-state index in [1.54, 1.807) is 34.9 Å². The van der Waals surface area contributed by atoms with Crippen molar-refractivity contribution >= 4 is 29.7 Å². The number of guanidine groups is 1. The van der Waals surface area contributed by atoms with Crippen molar-refractivity contribution in [3.63, 3.8) is 0 Å². The summed E-state index contributed by atoms with van der Waals surface area (Å²) in [6, 6.07) is -0.981. The molecule has 0 aliphatic carbocycles. The van der Waals surface area contributed by atoms with E-state index in [0.29, 0.717) is 18.9 Å². The third kappa shape index (κ3) is 13.1. The van der Waals surface area contributed by atoms with Crippen molar-refractivity contribution in [2.75, 3.05) is 27.2 Å². The second kappa shape index (κ2) is 17.4. The molecule has 0 fully saturated rings. The number of hydrogen-bond acceptors (Lipinski definition) is 5. The number of nitrogens with one attached hydrogen (secondary N) is 5. The SMILES string of the molecule is C=CC[C@@](C)(NC(=O)C(C)C)C(=O)N[C@@H](CCCNC(=NC)NC)C(=O)NCC(=O)O.CC. The van der Waals surface area contributed by atoms with Crippen LogP contribution >= 0.6 is 0 Å². The van der Waals surface area contributed by atoms with E-state index in [1.807, 2.05) is 13.8 Å². The second-order valence-corrected chi connectivity index (χ2v) is 7.50. The number of rotatable bonds is 13. The average molecular weight is 471 g/mol. The van der Waals surface area contributed by atoms with Gasteiger partial charge in [-0.15, -0.1) is 6.58 Å². The minimum absolute atomic E-state index is 0.154. The molecule has 0 aromatic heterocycles. The van der Waals surface area contributed by atoms with Gasteiger partial charge in [0.1, 0.15) is 18.1 Å². The summed E-state index contributed by atoms with van der Waals surface area (Å²) in [5.41, 5.74) is -1.30. The third-order valence-electron chi connectivity index (χ3n) is 4.44. The van der Waals surface area contributed by atoms with Crippen LogP contribution < -0.4 is 26.6 Å². The van der Waals surface area contributed by atoms with Crippen LogP contribution in [0.5, 0.6) is 0 Å². The lowest BCUT2D eigenvalue weighted by molar-refractivity contribution is -0.139. The Balaban J connectivity index is 0. The number of hydrogen-bond donors (Lipinski definition) is 6. The second-order valence-electron chi connectivity index (χ2n) is 7.50. The quantitative estimate of drug-likeness (QED) is 0.0981. The molecule has 33 heavy (non-hydrogen) atoms. The van der Waals surface area contributed by atoms with Crippen molar-refractivity contribution in [3.05, 3.63) is 12.7 Å². The van der Waals surface area contributed by atoms with Gasteiger partial charge in [-0.1, -0.05) is 33.8 Å². The van der Waals surface area contributed by atoms with Crippen LogP contribution in [0.1, 0.15) is 53.9 Å². The predicted octanol–water partition coefficient (Wildman–Crippen LogP) is 0.380. The van der Waals surface area contributed by atoms with Crippen LogP contribution in [0.25, 0.3) is 0 Å². The molecule has 0 radical (unpaired) electrons. The summed E-state index contributed by atoms with van der Waals surface area (Å²) in [5, 5.41) is 22.3. The highest BCUT2D eigenvalue weighted by molar-refractivity contribution is 5.95. The van der Waals surface area contributed by atoms with Crippen LogP contribution in [0.3, 0.4) is 0 Å². The van der Waals surface area contributed by atoms with E-state index in [1.165, 1.54) is 6.08 Å². The summed E-state index contributed by atoms with van der Waals surface area (Å²) < 4.78 is 0. The van der Waals surface area contributed by atoms with E-state index >= 15 is 0 Å². The zero-order chi connectivity index (χ0) is 26.0. The molecule has 0 rings (SSSR count). The predicted molar refractivity (Wildman–Crippen MR) is 130 cm³/mol. The molecule has 0 unspecified atom stereocenters. The molecule has 0 bridgehead atoms. The monoisotopic (exact) mass is 470 g/mol. The van der Waals surface area contributed by atoms with Crippen LogP contribution in [-0.2, 0) is 19.2 Å². The molecule has 0 spiro atoms. The van der Waals surface area contributed by atoms with Crippen LogP contribution in [0.4, 0.5) is 0 Å². The molecule has 0 saturated heterocycles. The molecule has 0 heterocycles. The molecule has 11 heteroatoms. The zero-order valence-electron chi connectivity index (χ0n) is 21.0. The molecule has 3 amide bonds. The molecular weight excluding hydrogens is 428 g/mol. The largest absolute Gasteiger partial charge is 0.480 e. The Labute approximate surface area is 197 Å². The molecule has 0 aliphatic heterocycles. The zero-order valence-corrected chi connectivity index (χ0v) is 21.0. The highest BCUT2D eigenvalue weighted by atomic mass is 16.4. The Hall–Kier alpha value is -3.11. The summed E-state index contributed by atoms with van der Waals surface area (Å²) in [6.45, 7) is 12.5. The van der Waals surface area contributed by atoms with Crippen LogP contribution in [0, 0.1) is 5.92 Å². The van der Waals surface area contributed by atoms with Gasteiger partial charge < -0.3 is 31.7 Å². The van der Waals surface area contributed by atoms with E-state index in [2.05, 4.69) is 38.2 Å². The Bertz CT molecular complexity index is 680. The lowest BCUT2D eigenvalue weighted by atomic mass is 9.94. The van der Waals surface area contributed by atoms with Gasteiger partial charge in [0.05, 0.1) is 0 Å². The topological polar surface area (TPSA) is 161 Å². The van der Waals surface area contributed by atoms with E-state index in [9.17, 15) is 19.2 Å². The summed E-state index contributed by atoms with van der Waals surface area (Å²) in [7, 11) is 3.33. The number of amides is 3. The van der Waals surface area contributed by atoms with Gasteiger partial charge >= 0.3 is 5.97 Å². The van der Waals surface area contributed by atoms with E-state index in [4.69, 9.17) is 5.11 Å². The highest BCUT2D eigenvalue weighted by Crippen LogP contribution is 2.13. The first kappa shape index (κ1) is 32.1. The average Bonchev–Trinajstić information content (AvgIpc) is 2.77. The smallest absolute Gasteiger partial charge is 0.322 e. The number of carboxylic acid groups (broad SMARTS) is 1. The lowest BCUT2D eigenvalue weighted by Gasteiger charge is -2.31. The maximum absolute atomic E-state index is 13.0. The van der Waals surface area contributed by atoms with Gasteiger partial charge in [0.25, 0.3) is 0 Å². The van der Waals surface area contributed by atoms with Crippen molar-refractivity contribution in [3.8, 4) is 0 Å². The number of carboxylic acids is 1. The fraction of sp³-hybridized carbons (Fsp3) is 0.682. The van der Waals surface area contributed by atoms with Crippen molar-refractivity contribution in [2.45, 2.75) is 65.5 Å². The van der Waals surface area contributed by atoms with Gasteiger partial charge in [0.15, 0.2) is 5.96 Å². The molecule has 6 N–H and O–H groups in total. The van der Waals surface area contributed by atoms with Gasteiger partial charge in [0, 0.05) is 26.6 Å². The van der Waals surface area contributed by atoms with E-state index in [-0.39, 0.29) is 24.7 Å². The summed E-state index contributed by atoms with van der Waals surface area (Å²) in [6.07, 6.45) is 2.39. The van der Waals surface area contributed by atoms with Gasteiger partial charge in [-0.05, 0) is 26.2 Å². The van der Waals surface area contributed by atoms with Crippen LogP contribution in [0.15, 0.2) is 17.6 Å². The van der Waals surface area contributed by atoms with Crippen LogP contribution in [0.2, 0.25) is 0 Å². The van der Waals surface area contributed by atoms with E-state index in [0.717, 1.165) is 0 Å². The van der Waals surface area contributed by atoms with Crippen molar-refractivity contribution in [1.82, 2.24) is 26.6 Å². The number of aliphatic imine (C=N–C) groups is 1. The first-order valence-corrected chi connectivity index (χ1v) is 11.1. The molecule has 0 aromatic carbocycles. The number of aliphatic carboxylic acids is 1. The molecule has 0 aromatic rings. The Morgan fingerprint density at radius 2 is 1.73 bits per heavy atom. The van der Waals surface area contributed by atoms with E-state index < -0.39 is 35.9 Å². The maximum Gasteiger partial charge on any atom is 0.322 e. The first-order valence-electron chi connectivity index (χ1n) is 11.1. The van der Waals surface area contributed by atoms with Gasteiger partial charge in [0.2, 0.25) is 17.7 Å². The van der Waals surface area contributed by atoms with Gasteiger partial charge in [-0.2, -0.15) is 0 Å². The molecule has 0 saturated carbocycles. The number of nitrogens with zero attached hydrogens (tertiary/aromatic N) is 1. The number of carbonyl (C=O) groups excluding carboxylic acids is 3. The minimum Gasteiger partial charge on any atom is -0.480 e. The summed E-state index contributed by atoms with van der Waals surface area (Å²) >= 11 is 0. The normalized spacial score (nSPS) is 13.4. The molecule has 190 valence electrons. The highest BCUT2D eigenvalue weighted by Gasteiger charge is 2.36. The Kier molecular flexibility index (Phi) is 17.0. The molecule has 0 aliphatic rings. The molecular formula is C22H42N6O5. The Morgan fingerprint density at radius 3 is 2.18 bits per heavy atom. The van der Waals surface area contributed by atoms with Crippen molar-refractivity contribution < 1.29 is 24.3 Å². The fourth-order valence-electron chi connectivity index (χ4n) is 2.57. The standard InChI is InChI=1S/C20H36N6O5.C2H6/c1-7-10-20(4,26-16(29)13(2)3)18(31)25-14(17(30)24-12-15(27)28)9-8-11-23-19(21-5)22-6;1-2/h7,13-14H,1,8-12H2,2-6H3,(H,24,30)(H,25,31)(H,26,29)(H,27,28)(H2,21,22,23);1-2H3/t14-,20+;/m0./s1. The van der Waals surface area contributed by atoms with Crippen LogP contribution in [-0.4, -0.2) is 73.5 Å². The van der Waals surface area contributed by atoms with Gasteiger partial charge in [-0.25, -0.2) is 0 Å². The first-order chi connectivity index (χ1) is 15.5. The Morgan fingerprint density at radius 1 is 1.12 bits per heavy atom. The summed E-state index contributed by atoms with van der Waals surface area (Å²) in [4.78, 5) is 52.4. The summed E-state index contributed by atoms with van der Waals surface area (Å²) in [5.74, 6) is -2.45.